The molecule has 0 aliphatic carbocycles. The Morgan fingerprint density at radius 1 is 0.929 bits per heavy atom. The molecule has 2 aromatic heterocycles. The number of piperidine rings is 1. The van der Waals surface area contributed by atoms with E-state index in [1.165, 1.54) is 30.5 Å². The zero-order chi connectivity index (χ0) is 19.3. The van der Waals surface area contributed by atoms with Crippen molar-refractivity contribution in [1.82, 2.24) is 15.0 Å². The Hall–Kier alpha value is -2.95. The van der Waals surface area contributed by atoms with Crippen molar-refractivity contribution in [3.63, 3.8) is 0 Å². The summed E-state index contributed by atoms with van der Waals surface area (Å²) < 4.78 is 0. The average Bonchev–Trinajstić information content (AvgIpc) is 2.76. The van der Waals surface area contributed by atoms with Gasteiger partial charge in [-0.15, -0.1) is 0 Å². The van der Waals surface area contributed by atoms with Crippen molar-refractivity contribution in [3.05, 3.63) is 65.6 Å². The Balaban J connectivity index is 1.58. The highest BCUT2D eigenvalue weighted by atomic mass is 15.1. The molecule has 144 valence electrons. The molecule has 0 radical (unpaired) electrons. The van der Waals surface area contributed by atoms with Crippen LogP contribution in [0.5, 0.6) is 0 Å². The standard InChI is InChI=1S/C23H27N5/c1-17-18(2)26-23(19-10-12-24-13-11-19)27-22(17)25-16-20-8-4-5-9-21(20)28-14-6-3-7-15-28/h4-5,8-13H,3,6-7,14-16H2,1-2H3,(H,25,26,27). The molecule has 0 unspecified atom stereocenters. The Morgan fingerprint density at radius 3 is 2.46 bits per heavy atom. The van der Waals surface area contributed by atoms with Crippen LogP contribution in [-0.2, 0) is 6.54 Å². The van der Waals surface area contributed by atoms with Crippen molar-refractivity contribution in [1.29, 1.82) is 0 Å². The lowest BCUT2D eigenvalue weighted by atomic mass is 10.1. The molecule has 1 aromatic carbocycles. The fourth-order valence-corrected chi connectivity index (χ4v) is 3.71. The van der Waals surface area contributed by atoms with Gasteiger partial charge in [0.05, 0.1) is 0 Å². The summed E-state index contributed by atoms with van der Waals surface area (Å²) >= 11 is 0. The first-order valence-electron chi connectivity index (χ1n) is 10.0. The van der Waals surface area contributed by atoms with Gasteiger partial charge in [0.2, 0.25) is 0 Å². The zero-order valence-corrected chi connectivity index (χ0v) is 16.7. The maximum atomic E-state index is 4.80. The van der Waals surface area contributed by atoms with Crippen LogP contribution in [0.25, 0.3) is 11.4 Å². The van der Waals surface area contributed by atoms with E-state index < -0.39 is 0 Å². The minimum atomic E-state index is 0.734. The number of nitrogens with one attached hydrogen (secondary N) is 1. The molecular weight excluding hydrogens is 346 g/mol. The van der Waals surface area contributed by atoms with Gasteiger partial charge in [0.15, 0.2) is 5.82 Å². The maximum Gasteiger partial charge on any atom is 0.161 e. The van der Waals surface area contributed by atoms with Crippen LogP contribution in [0.3, 0.4) is 0 Å². The molecule has 0 bridgehead atoms. The summed E-state index contributed by atoms with van der Waals surface area (Å²) in [6, 6.07) is 12.6. The van der Waals surface area contributed by atoms with Crippen LogP contribution >= 0.6 is 0 Å². The third-order valence-electron chi connectivity index (χ3n) is 5.46. The molecule has 1 saturated heterocycles. The SMILES string of the molecule is Cc1nc(-c2ccncc2)nc(NCc2ccccc2N2CCCCC2)c1C. The molecule has 5 nitrogen and oxygen atoms in total. The molecule has 1 aliphatic rings. The largest absolute Gasteiger partial charge is 0.371 e. The number of anilines is 2. The second kappa shape index (κ2) is 8.38. The Morgan fingerprint density at radius 2 is 1.68 bits per heavy atom. The smallest absolute Gasteiger partial charge is 0.161 e. The second-order valence-corrected chi connectivity index (χ2v) is 7.37. The van der Waals surface area contributed by atoms with Gasteiger partial charge in [0.25, 0.3) is 0 Å². The number of aromatic nitrogens is 3. The van der Waals surface area contributed by atoms with Crippen LogP contribution < -0.4 is 10.2 Å². The molecule has 0 spiro atoms. The van der Waals surface area contributed by atoms with E-state index in [2.05, 4.69) is 51.4 Å². The molecule has 3 heterocycles. The zero-order valence-electron chi connectivity index (χ0n) is 16.7. The van der Waals surface area contributed by atoms with Gasteiger partial charge in [-0.25, -0.2) is 9.97 Å². The van der Waals surface area contributed by atoms with E-state index >= 15 is 0 Å². The van der Waals surface area contributed by atoms with Crippen LogP contribution in [0, 0.1) is 13.8 Å². The molecule has 4 rings (SSSR count). The molecular formula is C23H27N5. The monoisotopic (exact) mass is 373 g/mol. The van der Waals surface area contributed by atoms with Crippen LogP contribution in [0.15, 0.2) is 48.8 Å². The van der Waals surface area contributed by atoms with Crippen molar-refractivity contribution in [2.24, 2.45) is 0 Å². The predicted octanol–water partition coefficient (Wildman–Crippen LogP) is 4.76. The van der Waals surface area contributed by atoms with Gasteiger partial charge in [-0.2, -0.15) is 0 Å². The highest BCUT2D eigenvalue weighted by molar-refractivity contribution is 5.60. The summed E-state index contributed by atoms with van der Waals surface area (Å²) in [5, 5.41) is 3.57. The number of pyridine rings is 1. The van der Waals surface area contributed by atoms with E-state index in [1.54, 1.807) is 12.4 Å². The number of para-hydroxylation sites is 1. The molecule has 1 fully saturated rings. The van der Waals surface area contributed by atoms with Crippen molar-refractivity contribution in [2.45, 2.75) is 39.7 Å². The van der Waals surface area contributed by atoms with E-state index in [1.807, 2.05) is 19.1 Å². The quantitative estimate of drug-likeness (QED) is 0.699. The topological polar surface area (TPSA) is 53.9 Å². The van der Waals surface area contributed by atoms with Gasteiger partial charge >= 0.3 is 0 Å². The Labute approximate surface area is 166 Å². The van der Waals surface area contributed by atoms with Gasteiger partial charge in [-0.1, -0.05) is 18.2 Å². The summed E-state index contributed by atoms with van der Waals surface area (Å²) in [4.78, 5) is 16.1. The summed E-state index contributed by atoms with van der Waals surface area (Å²) in [6.45, 7) is 7.16. The van der Waals surface area contributed by atoms with Crippen molar-refractivity contribution >= 4 is 11.5 Å². The number of aryl methyl sites for hydroxylation is 1. The average molecular weight is 374 g/mol. The van der Waals surface area contributed by atoms with Crippen molar-refractivity contribution in [2.75, 3.05) is 23.3 Å². The Bertz CT molecular complexity index is 933. The first kappa shape index (κ1) is 18.4. The van der Waals surface area contributed by atoms with Gasteiger partial charge in [0, 0.05) is 54.5 Å². The fraction of sp³-hybridized carbons (Fsp3) is 0.348. The van der Waals surface area contributed by atoms with Crippen molar-refractivity contribution < 1.29 is 0 Å². The summed E-state index contributed by atoms with van der Waals surface area (Å²) in [5.41, 5.74) is 5.72. The molecule has 0 atom stereocenters. The minimum Gasteiger partial charge on any atom is -0.371 e. The minimum absolute atomic E-state index is 0.734. The number of benzene rings is 1. The lowest BCUT2D eigenvalue weighted by molar-refractivity contribution is 0.576. The molecule has 3 aromatic rings. The van der Waals surface area contributed by atoms with E-state index in [4.69, 9.17) is 4.98 Å². The molecule has 5 heteroatoms. The molecule has 1 N–H and O–H groups in total. The van der Waals surface area contributed by atoms with E-state index in [0.29, 0.717) is 0 Å². The third-order valence-corrected chi connectivity index (χ3v) is 5.46. The van der Waals surface area contributed by atoms with Crippen molar-refractivity contribution in [3.8, 4) is 11.4 Å². The number of rotatable bonds is 5. The van der Waals surface area contributed by atoms with Crippen LogP contribution in [0.1, 0.15) is 36.1 Å². The van der Waals surface area contributed by atoms with Gasteiger partial charge in [-0.05, 0) is 56.9 Å². The summed E-state index contributed by atoms with van der Waals surface area (Å²) in [6.07, 6.45) is 7.45. The second-order valence-electron chi connectivity index (χ2n) is 7.37. The summed E-state index contributed by atoms with van der Waals surface area (Å²) in [5.74, 6) is 1.63. The first-order chi connectivity index (χ1) is 13.7. The van der Waals surface area contributed by atoms with E-state index in [-0.39, 0.29) is 0 Å². The lowest BCUT2D eigenvalue weighted by Crippen LogP contribution is -2.30. The number of hydrogen-bond donors (Lipinski definition) is 1. The van der Waals surface area contributed by atoms with Crippen LogP contribution in [0.4, 0.5) is 11.5 Å². The molecule has 1 aliphatic heterocycles. The molecule has 0 amide bonds. The normalized spacial score (nSPS) is 14.1. The van der Waals surface area contributed by atoms with E-state index in [0.717, 1.165) is 48.1 Å². The number of nitrogens with zero attached hydrogens (tertiary/aromatic N) is 4. The van der Waals surface area contributed by atoms with Crippen LogP contribution in [0.2, 0.25) is 0 Å². The summed E-state index contributed by atoms with van der Waals surface area (Å²) in [7, 11) is 0. The van der Waals surface area contributed by atoms with Gasteiger partial charge < -0.3 is 10.2 Å². The molecule has 28 heavy (non-hydrogen) atoms. The predicted molar refractivity (Wildman–Crippen MR) is 115 cm³/mol. The molecule has 0 saturated carbocycles. The maximum absolute atomic E-state index is 4.80. The number of hydrogen-bond acceptors (Lipinski definition) is 5. The van der Waals surface area contributed by atoms with E-state index in [9.17, 15) is 0 Å². The lowest BCUT2D eigenvalue weighted by Gasteiger charge is -2.30. The van der Waals surface area contributed by atoms with Gasteiger partial charge in [0.1, 0.15) is 5.82 Å². The highest BCUT2D eigenvalue weighted by Gasteiger charge is 2.15. The Kier molecular flexibility index (Phi) is 5.51. The fourth-order valence-electron chi connectivity index (χ4n) is 3.71. The van der Waals surface area contributed by atoms with Gasteiger partial charge in [-0.3, -0.25) is 4.98 Å². The highest BCUT2D eigenvalue weighted by Crippen LogP contribution is 2.26. The first-order valence-corrected chi connectivity index (χ1v) is 10.0. The third kappa shape index (κ3) is 3.98. The van der Waals surface area contributed by atoms with Crippen LogP contribution in [-0.4, -0.2) is 28.0 Å².